The van der Waals surface area contributed by atoms with Crippen LogP contribution >= 0.6 is 11.3 Å². The number of aryl methyl sites for hydroxylation is 1. The van der Waals surface area contributed by atoms with Gasteiger partial charge < -0.3 is 14.8 Å². The lowest BCUT2D eigenvalue weighted by atomic mass is 10.0. The number of hydrogen-bond acceptors (Lipinski definition) is 8. The lowest BCUT2D eigenvalue weighted by Crippen LogP contribution is -2.34. The molecule has 3 heterocycles. The van der Waals surface area contributed by atoms with Gasteiger partial charge in [0.25, 0.3) is 11.5 Å². The second kappa shape index (κ2) is 8.19. The number of aromatic nitrogens is 2. The Morgan fingerprint density at radius 3 is 2.81 bits per heavy atom. The summed E-state index contributed by atoms with van der Waals surface area (Å²) in [5.41, 5.74) is 0.789. The number of esters is 1. The summed E-state index contributed by atoms with van der Waals surface area (Å²) in [6.07, 6.45) is 0.691. The molecular weight excluding hydrogens is 434 g/mol. The fraction of sp³-hybridized carbons (Fsp3) is 0.318. The Labute approximate surface area is 187 Å². The van der Waals surface area contributed by atoms with E-state index in [1.54, 1.807) is 39.8 Å². The van der Waals surface area contributed by atoms with E-state index in [-0.39, 0.29) is 18.3 Å². The molecule has 0 saturated carbocycles. The molecule has 9 nitrogen and oxygen atoms in total. The first-order valence-electron chi connectivity index (χ1n) is 10.1. The molecule has 1 aliphatic heterocycles. The minimum absolute atomic E-state index is 0.223. The summed E-state index contributed by atoms with van der Waals surface area (Å²) in [6.45, 7) is 6.83. The van der Waals surface area contributed by atoms with Crippen molar-refractivity contribution in [2.75, 3.05) is 11.9 Å². The van der Waals surface area contributed by atoms with Crippen LogP contribution in [0, 0.1) is 6.92 Å². The zero-order valence-corrected chi connectivity index (χ0v) is 18.7. The van der Waals surface area contributed by atoms with Crippen LogP contribution < -0.4 is 15.6 Å². The van der Waals surface area contributed by atoms with Crippen molar-refractivity contribution in [1.29, 1.82) is 0 Å². The van der Waals surface area contributed by atoms with E-state index in [2.05, 4.69) is 10.3 Å². The standard InChI is InChI=1S/C22H21N3O6S/c1-5-30-22(29)18-10(2)16-20(32-18)23-9-25(21(16)28)11(3)17(26)13-6-7-15-14(8-13)24-19(27)12(4)31-15/h6-9,11-12H,5H2,1-4H3,(H,24,27). The number of thiophene rings is 1. The van der Waals surface area contributed by atoms with E-state index >= 15 is 0 Å². The molecule has 0 spiro atoms. The number of anilines is 1. The molecule has 0 fully saturated rings. The maximum Gasteiger partial charge on any atom is 0.348 e. The topological polar surface area (TPSA) is 117 Å². The van der Waals surface area contributed by atoms with Gasteiger partial charge in [-0.3, -0.25) is 19.0 Å². The summed E-state index contributed by atoms with van der Waals surface area (Å²) in [4.78, 5) is 55.4. The highest BCUT2D eigenvalue weighted by molar-refractivity contribution is 7.20. The fourth-order valence-electron chi connectivity index (χ4n) is 3.53. The van der Waals surface area contributed by atoms with E-state index < -0.39 is 23.7 Å². The van der Waals surface area contributed by atoms with Crippen molar-refractivity contribution in [3.8, 4) is 5.75 Å². The number of benzene rings is 1. The number of ketones is 1. The number of amides is 1. The predicted molar refractivity (Wildman–Crippen MR) is 119 cm³/mol. The third-order valence-electron chi connectivity index (χ3n) is 5.33. The molecule has 166 valence electrons. The molecule has 0 radical (unpaired) electrons. The smallest absolute Gasteiger partial charge is 0.348 e. The number of nitrogens with one attached hydrogen (secondary N) is 1. The number of hydrogen-bond donors (Lipinski definition) is 1. The van der Waals surface area contributed by atoms with E-state index in [1.165, 1.54) is 17.0 Å². The van der Waals surface area contributed by atoms with Gasteiger partial charge in [-0.15, -0.1) is 11.3 Å². The summed E-state index contributed by atoms with van der Waals surface area (Å²) >= 11 is 1.09. The van der Waals surface area contributed by atoms with Crippen molar-refractivity contribution in [3.05, 3.63) is 50.9 Å². The monoisotopic (exact) mass is 455 g/mol. The molecule has 1 amide bonds. The minimum Gasteiger partial charge on any atom is -0.479 e. The average molecular weight is 455 g/mol. The van der Waals surface area contributed by atoms with Crippen LogP contribution in [-0.4, -0.2) is 39.9 Å². The van der Waals surface area contributed by atoms with Crippen molar-refractivity contribution in [2.45, 2.75) is 39.8 Å². The second-order valence-electron chi connectivity index (χ2n) is 7.41. The van der Waals surface area contributed by atoms with Crippen LogP contribution in [0.5, 0.6) is 5.75 Å². The lowest BCUT2D eigenvalue weighted by Gasteiger charge is -2.24. The van der Waals surface area contributed by atoms with Crippen molar-refractivity contribution < 1.29 is 23.9 Å². The molecule has 1 N–H and O–H groups in total. The van der Waals surface area contributed by atoms with Gasteiger partial charge in [0.1, 0.15) is 15.5 Å². The first kappa shape index (κ1) is 21.7. The molecule has 1 aliphatic rings. The van der Waals surface area contributed by atoms with Gasteiger partial charge in [0.15, 0.2) is 11.9 Å². The Hall–Kier alpha value is -3.53. The molecule has 0 bridgehead atoms. The summed E-state index contributed by atoms with van der Waals surface area (Å²) < 4.78 is 11.8. The highest BCUT2D eigenvalue weighted by Gasteiger charge is 2.27. The summed E-state index contributed by atoms with van der Waals surface area (Å²) in [6, 6.07) is 3.88. The van der Waals surface area contributed by atoms with Crippen LogP contribution in [-0.2, 0) is 9.53 Å². The maximum atomic E-state index is 13.2. The second-order valence-corrected chi connectivity index (χ2v) is 8.41. The van der Waals surface area contributed by atoms with E-state index in [1.807, 2.05) is 0 Å². The number of nitrogens with zero attached hydrogens (tertiary/aromatic N) is 2. The first-order valence-corrected chi connectivity index (χ1v) is 10.9. The molecule has 4 rings (SSSR count). The number of carbonyl (C=O) groups is 3. The van der Waals surface area contributed by atoms with Crippen LogP contribution in [0.25, 0.3) is 10.2 Å². The van der Waals surface area contributed by atoms with Gasteiger partial charge in [-0.25, -0.2) is 9.78 Å². The van der Waals surface area contributed by atoms with Crippen molar-refractivity contribution in [2.24, 2.45) is 0 Å². The molecular formula is C22H21N3O6S. The predicted octanol–water partition coefficient (Wildman–Crippen LogP) is 3.11. The minimum atomic E-state index is -0.859. The van der Waals surface area contributed by atoms with Crippen LogP contribution in [0.4, 0.5) is 5.69 Å². The van der Waals surface area contributed by atoms with E-state index in [4.69, 9.17) is 9.47 Å². The molecule has 32 heavy (non-hydrogen) atoms. The molecule has 3 aromatic rings. The Kier molecular flexibility index (Phi) is 5.55. The van der Waals surface area contributed by atoms with Crippen LogP contribution in [0.2, 0.25) is 0 Å². The number of fused-ring (bicyclic) bond motifs is 2. The number of Topliss-reactive ketones (excluding diaryl/α,β-unsaturated/α-hetero) is 1. The van der Waals surface area contributed by atoms with Crippen LogP contribution in [0.15, 0.2) is 29.3 Å². The molecule has 0 saturated heterocycles. The Balaban J connectivity index is 1.69. The lowest BCUT2D eigenvalue weighted by molar-refractivity contribution is -0.122. The summed E-state index contributed by atoms with van der Waals surface area (Å²) in [5.74, 6) is -0.661. The molecule has 0 aliphatic carbocycles. The van der Waals surface area contributed by atoms with Crippen molar-refractivity contribution in [1.82, 2.24) is 9.55 Å². The molecule has 2 unspecified atom stereocenters. The summed E-state index contributed by atoms with van der Waals surface area (Å²) in [7, 11) is 0. The van der Waals surface area contributed by atoms with E-state index in [0.717, 1.165) is 11.3 Å². The van der Waals surface area contributed by atoms with Crippen molar-refractivity contribution in [3.63, 3.8) is 0 Å². The highest BCUT2D eigenvalue weighted by Crippen LogP contribution is 2.32. The highest BCUT2D eigenvalue weighted by atomic mass is 32.1. The van der Waals surface area contributed by atoms with Crippen LogP contribution in [0.3, 0.4) is 0 Å². The quantitative estimate of drug-likeness (QED) is 0.464. The van der Waals surface area contributed by atoms with Gasteiger partial charge >= 0.3 is 5.97 Å². The third-order valence-corrected chi connectivity index (χ3v) is 6.51. The average Bonchev–Trinajstić information content (AvgIpc) is 3.11. The Morgan fingerprint density at radius 1 is 1.34 bits per heavy atom. The maximum absolute atomic E-state index is 13.2. The van der Waals surface area contributed by atoms with Gasteiger partial charge in [-0.05, 0) is 51.5 Å². The summed E-state index contributed by atoms with van der Waals surface area (Å²) in [5, 5.41) is 3.00. The Morgan fingerprint density at radius 2 is 2.09 bits per heavy atom. The fourth-order valence-corrected chi connectivity index (χ4v) is 4.57. The zero-order valence-electron chi connectivity index (χ0n) is 17.9. The molecule has 2 aromatic heterocycles. The van der Waals surface area contributed by atoms with Crippen molar-refractivity contribution >= 4 is 44.9 Å². The Bertz CT molecular complexity index is 1330. The first-order chi connectivity index (χ1) is 15.2. The zero-order chi connectivity index (χ0) is 23.2. The van der Waals surface area contributed by atoms with Gasteiger partial charge in [-0.2, -0.15) is 0 Å². The largest absolute Gasteiger partial charge is 0.479 e. The van der Waals surface area contributed by atoms with Gasteiger partial charge in [-0.1, -0.05) is 0 Å². The van der Waals surface area contributed by atoms with Gasteiger partial charge in [0.2, 0.25) is 0 Å². The van der Waals surface area contributed by atoms with E-state index in [0.29, 0.717) is 37.7 Å². The molecule has 10 heteroatoms. The van der Waals surface area contributed by atoms with E-state index in [9.17, 15) is 19.2 Å². The molecule has 1 aromatic carbocycles. The molecule has 2 atom stereocenters. The number of ether oxygens (including phenoxy) is 2. The normalized spacial score (nSPS) is 16.1. The number of rotatable bonds is 5. The van der Waals surface area contributed by atoms with Gasteiger partial charge in [0.05, 0.1) is 30.0 Å². The van der Waals surface area contributed by atoms with Gasteiger partial charge in [0, 0.05) is 5.56 Å². The number of carbonyl (C=O) groups excluding carboxylic acids is 3. The van der Waals surface area contributed by atoms with Crippen LogP contribution in [0.1, 0.15) is 52.4 Å². The SMILES string of the molecule is CCOC(=O)c1sc2ncn(C(C)C(=O)c3ccc4c(c3)NC(=O)C(C)O4)c(=O)c2c1C. The third kappa shape index (κ3) is 3.56.